The van der Waals surface area contributed by atoms with Gasteiger partial charge in [-0.3, -0.25) is 4.90 Å². The lowest BCUT2D eigenvalue weighted by molar-refractivity contribution is -0.147. The zero-order chi connectivity index (χ0) is 13.2. The molecule has 0 radical (unpaired) electrons. The minimum Gasteiger partial charge on any atom is -0.467 e. The Bertz CT molecular complexity index is 309. The summed E-state index contributed by atoms with van der Waals surface area (Å²) in [5.41, 5.74) is -0.667. The fraction of sp³-hybridized carbons (Fsp3) is 0.818. The number of ether oxygens (including phenoxy) is 2. The van der Waals surface area contributed by atoms with E-state index in [4.69, 9.17) is 4.74 Å². The van der Waals surface area contributed by atoms with E-state index in [1.165, 1.54) is 7.11 Å². The van der Waals surface area contributed by atoms with Crippen LogP contribution in [-0.4, -0.2) is 47.0 Å². The molecule has 2 atom stereocenters. The lowest BCUT2D eigenvalue weighted by atomic mass is 10.2. The number of rotatable bonds is 1. The number of nitrogens with zero attached hydrogens (tertiary/aromatic N) is 1. The summed E-state index contributed by atoms with van der Waals surface area (Å²) >= 11 is 0. The monoisotopic (exact) mass is 245 g/mol. The van der Waals surface area contributed by atoms with Crippen molar-refractivity contribution < 1.29 is 24.2 Å². The topological polar surface area (TPSA) is 76.1 Å². The first-order valence-electron chi connectivity index (χ1n) is 5.53. The zero-order valence-electron chi connectivity index (χ0n) is 10.6. The molecular formula is C11H19NO5. The summed E-state index contributed by atoms with van der Waals surface area (Å²) in [5.74, 6) is -0.535. The van der Waals surface area contributed by atoms with Crippen LogP contribution in [0, 0.1) is 0 Å². The molecule has 1 heterocycles. The van der Waals surface area contributed by atoms with Crippen molar-refractivity contribution in [2.75, 3.05) is 7.11 Å². The van der Waals surface area contributed by atoms with Crippen molar-refractivity contribution in [2.24, 2.45) is 0 Å². The maximum atomic E-state index is 11.8. The number of esters is 1. The molecule has 1 unspecified atom stereocenters. The summed E-state index contributed by atoms with van der Waals surface area (Å²) < 4.78 is 9.73. The van der Waals surface area contributed by atoms with Crippen LogP contribution in [0.5, 0.6) is 0 Å². The lowest BCUT2D eigenvalue weighted by Crippen LogP contribution is -2.47. The second-order valence-corrected chi connectivity index (χ2v) is 4.98. The van der Waals surface area contributed by atoms with Gasteiger partial charge < -0.3 is 14.6 Å². The van der Waals surface area contributed by atoms with Crippen molar-refractivity contribution in [1.82, 2.24) is 4.90 Å². The van der Waals surface area contributed by atoms with E-state index in [0.29, 0.717) is 12.8 Å². The van der Waals surface area contributed by atoms with E-state index in [1.807, 2.05) is 0 Å². The molecule has 0 aromatic rings. The van der Waals surface area contributed by atoms with Gasteiger partial charge in [0.15, 0.2) is 0 Å². The molecule has 98 valence electrons. The Balaban J connectivity index is 2.78. The molecule has 0 aliphatic carbocycles. The van der Waals surface area contributed by atoms with Crippen molar-refractivity contribution in [1.29, 1.82) is 0 Å². The average molecular weight is 245 g/mol. The third kappa shape index (κ3) is 3.33. The Kier molecular flexibility index (Phi) is 3.98. The first kappa shape index (κ1) is 13.8. The van der Waals surface area contributed by atoms with E-state index in [9.17, 15) is 14.7 Å². The predicted molar refractivity (Wildman–Crippen MR) is 59.1 cm³/mol. The summed E-state index contributed by atoms with van der Waals surface area (Å²) in [7, 11) is 1.25. The van der Waals surface area contributed by atoms with E-state index >= 15 is 0 Å². The number of aliphatic hydroxyl groups is 1. The summed E-state index contributed by atoms with van der Waals surface area (Å²) in [6.07, 6.45) is -0.960. The van der Waals surface area contributed by atoms with Crippen molar-refractivity contribution >= 4 is 12.1 Å². The number of likely N-dealkylation sites (tertiary alicyclic amines) is 1. The van der Waals surface area contributed by atoms with Gasteiger partial charge >= 0.3 is 12.1 Å². The maximum Gasteiger partial charge on any atom is 0.413 e. The van der Waals surface area contributed by atoms with Gasteiger partial charge in [0.1, 0.15) is 17.9 Å². The van der Waals surface area contributed by atoms with Crippen molar-refractivity contribution in [2.45, 2.75) is 51.5 Å². The Morgan fingerprint density at radius 3 is 2.35 bits per heavy atom. The van der Waals surface area contributed by atoms with Crippen LogP contribution in [-0.2, 0) is 14.3 Å². The first-order chi connectivity index (χ1) is 7.76. The summed E-state index contributed by atoms with van der Waals surface area (Å²) in [4.78, 5) is 24.3. The van der Waals surface area contributed by atoms with Gasteiger partial charge in [0.05, 0.1) is 7.11 Å². The lowest BCUT2D eigenvalue weighted by Gasteiger charge is -2.29. The van der Waals surface area contributed by atoms with Crippen LogP contribution < -0.4 is 0 Å². The van der Waals surface area contributed by atoms with Gasteiger partial charge in [-0.1, -0.05) is 0 Å². The number of amides is 1. The normalized spacial score (nSPS) is 24.6. The molecule has 1 rings (SSSR count). The fourth-order valence-corrected chi connectivity index (χ4v) is 1.72. The van der Waals surface area contributed by atoms with Crippen LogP contribution in [0.25, 0.3) is 0 Å². The molecule has 0 spiro atoms. The first-order valence-corrected chi connectivity index (χ1v) is 5.53. The zero-order valence-corrected chi connectivity index (χ0v) is 10.6. The molecule has 1 aliphatic heterocycles. The summed E-state index contributed by atoms with van der Waals surface area (Å²) in [5, 5.41) is 9.69. The Morgan fingerprint density at radius 2 is 1.88 bits per heavy atom. The number of methoxy groups -OCH3 is 1. The number of hydrogen-bond donors (Lipinski definition) is 1. The number of carbonyl (C=O) groups is 2. The number of aliphatic hydroxyl groups excluding tert-OH is 1. The molecule has 0 bridgehead atoms. The quantitative estimate of drug-likeness (QED) is 0.694. The Labute approximate surface area is 100 Å². The number of carbonyl (C=O) groups excluding carboxylic acids is 2. The molecule has 0 saturated carbocycles. The molecule has 0 aromatic heterocycles. The van der Waals surface area contributed by atoms with Crippen molar-refractivity contribution in [3.05, 3.63) is 0 Å². The second kappa shape index (κ2) is 4.91. The Morgan fingerprint density at radius 1 is 1.29 bits per heavy atom. The van der Waals surface area contributed by atoms with Crippen LogP contribution >= 0.6 is 0 Å². The van der Waals surface area contributed by atoms with Gasteiger partial charge in [-0.25, -0.2) is 9.59 Å². The van der Waals surface area contributed by atoms with Crippen molar-refractivity contribution in [3.63, 3.8) is 0 Å². The van der Waals surface area contributed by atoms with E-state index in [1.54, 1.807) is 20.8 Å². The predicted octanol–water partition coefficient (Wildman–Crippen LogP) is 0.877. The maximum absolute atomic E-state index is 11.8. The SMILES string of the molecule is COC(=O)C1CC[C@@H](O)N1C(=O)OC(C)(C)C. The molecule has 0 aromatic carbocycles. The molecule has 17 heavy (non-hydrogen) atoms. The molecule has 1 saturated heterocycles. The summed E-state index contributed by atoms with van der Waals surface area (Å²) in [6.45, 7) is 5.17. The standard InChI is InChI=1S/C11H19NO5/c1-11(2,3)17-10(15)12-7(9(14)16-4)5-6-8(12)13/h7-8,13H,5-6H2,1-4H3/t7?,8-/m1/s1. The molecular weight excluding hydrogens is 226 g/mol. The van der Waals surface area contributed by atoms with Crippen LogP contribution in [0.15, 0.2) is 0 Å². The Hall–Kier alpha value is -1.30. The number of hydrogen-bond acceptors (Lipinski definition) is 5. The minimum absolute atomic E-state index is 0.346. The average Bonchev–Trinajstić information content (AvgIpc) is 2.56. The molecule has 1 aliphatic rings. The van der Waals surface area contributed by atoms with Gasteiger partial charge in [-0.2, -0.15) is 0 Å². The minimum atomic E-state index is -0.992. The fourth-order valence-electron chi connectivity index (χ4n) is 1.72. The second-order valence-electron chi connectivity index (χ2n) is 4.98. The third-order valence-corrected chi connectivity index (χ3v) is 2.43. The van der Waals surface area contributed by atoms with Crippen LogP contribution in [0.3, 0.4) is 0 Å². The highest BCUT2D eigenvalue weighted by Gasteiger charge is 2.42. The van der Waals surface area contributed by atoms with E-state index in [0.717, 1.165) is 4.90 Å². The third-order valence-electron chi connectivity index (χ3n) is 2.43. The van der Waals surface area contributed by atoms with Gasteiger partial charge in [0.25, 0.3) is 0 Å². The molecule has 6 nitrogen and oxygen atoms in total. The molecule has 1 N–H and O–H groups in total. The largest absolute Gasteiger partial charge is 0.467 e. The molecule has 6 heteroatoms. The highest BCUT2D eigenvalue weighted by atomic mass is 16.6. The van der Waals surface area contributed by atoms with E-state index < -0.39 is 29.9 Å². The van der Waals surface area contributed by atoms with Gasteiger partial charge in [-0.15, -0.1) is 0 Å². The van der Waals surface area contributed by atoms with E-state index in [2.05, 4.69) is 4.74 Å². The smallest absolute Gasteiger partial charge is 0.413 e. The van der Waals surface area contributed by atoms with Gasteiger partial charge in [-0.05, 0) is 33.6 Å². The highest BCUT2D eigenvalue weighted by Crippen LogP contribution is 2.25. The molecule has 1 amide bonds. The van der Waals surface area contributed by atoms with E-state index in [-0.39, 0.29) is 0 Å². The van der Waals surface area contributed by atoms with Crippen LogP contribution in [0.1, 0.15) is 33.6 Å². The van der Waals surface area contributed by atoms with Crippen LogP contribution in [0.4, 0.5) is 4.79 Å². The van der Waals surface area contributed by atoms with Gasteiger partial charge in [0.2, 0.25) is 0 Å². The van der Waals surface area contributed by atoms with Crippen molar-refractivity contribution in [3.8, 4) is 0 Å². The molecule has 1 fully saturated rings. The van der Waals surface area contributed by atoms with Gasteiger partial charge in [0, 0.05) is 0 Å². The van der Waals surface area contributed by atoms with Crippen LogP contribution in [0.2, 0.25) is 0 Å². The highest BCUT2D eigenvalue weighted by molar-refractivity contribution is 5.82. The summed E-state index contributed by atoms with van der Waals surface area (Å²) in [6, 6.07) is -0.759.